The Bertz CT molecular complexity index is 965. The number of urea groups is 1. The zero-order chi connectivity index (χ0) is 19.3. The molecule has 2 aliphatic rings. The zero-order valence-electron chi connectivity index (χ0n) is 14.6. The molecule has 0 aliphatic carbocycles. The third-order valence-corrected chi connectivity index (χ3v) is 4.84. The number of hydrogen-bond acceptors (Lipinski definition) is 4. The third kappa shape index (κ3) is 2.68. The molecular weight excluding hydrogens is 358 g/mol. The average Bonchev–Trinajstić information content (AvgIpc) is 2.63. The van der Waals surface area contributed by atoms with E-state index in [0.29, 0.717) is 16.9 Å². The monoisotopic (exact) mass is 374 g/mol. The molecule has 6 nitrogen and oxygen atoms in total. The molecule has 8 heteroatoms. The quantitative estimate of drug-likeness (QED) is 0.817. The Morgan fingerprint density at radius 3 is 2.81 bits per heavy atom. The van der Waals surface area contributed by atoms with Crippen molar-refractivity contribution >= 4 is 17.7 Å². The highest BCUT2D eigenvalue weighted by molar-refractivity contribution is 5.95. The number of carbonyl (C=O) groups excluding carboxylic acids is 2. The summed E-state index contributed by atoms with van der Waals surface area (Å²) in [5, 5.41) is 2.77. The van der Waals surface area contributed by atoms with Crippen molar-refractivity contribution in [1.82, 2.24) is 5.32 Å². The predicted molar refractivity (Wildman–Crippen MR) is 91.5 cm³/mol. The normalized spacial score (nSPS) is 23.2. The van der Waals surface area contributed by atoms with Crippen molar-refractivity contribution in [2.75, 3.05) is 12.0 Å². The molecule has 2 aromatic rings. The highest BCUT2D eigenvalue weighted by Gasteiger charge is 2.50. The topological polar surface area (TPSA) is 67.9 Å². The maximum Gasteiger partial charge on any atom is 0.337 e. The van der Waals surface area contributed by atoms with Crippen molar-refractivity contribution in [2.45, 2.75) is 25.1 Å². The first-order valence-electron chi connectivity index (χ1n) is 8.29. The fraction of sp³-hybridized carbons (Fsp3) is 0.263. The SMILES string of the molecule is COC(=O)c1ccc2c(c1)[C@@H]1C[C@](C)(O2)N(c2cc(F)ccc2F)C(=O)N1. The van der Waals surface area contributed by atoms with E-state index in [-0.39, 0.29) is 12.1 Å². The number of amides is 2. The Morgan fingerprint density at radius 2 is 2.07 bits per heavy atom. The summed E-state index contributed by atoms with van der Waals surface area (Å²) in [6, 6.07) is 6.60. The number of benzene rings is 2. The van der Waals surface area contributed by atoms with Crippen LogP contribution in [0.25, 0.3) is 0 Å². The summed E-state index contributed by atoms with van der Waals surface area (Å²) in [5.41, 5.74) is -0.469. The number of halogens is 2. The Kier molecular flexibility index (Phi) is 3.80. The number of methoxy groups -OCH3 is 1. The fourth-order valence-corrected chi connectivity index (χ4v) is 3.64. The molecule has 140 valence electrons. The van der Waals surface area contributed by atoms with Crippen LogP contribution in [0.5, 0.6) is 5.75 Å². The molecule has 2 amide bonds. The van der Waals surface area contributed by atoms with E-state index in [1.54, 1.807) is 25.1 Å². The van der Waals surface area contributed by atoms with Crippen molar-refractivity contribution in [3.8, 4) is 5.75 Å². The van der Waals surface area contributed by atoms with Crippen LogP contribution in [0.15, 0.2) is 36.4 Å². The van der Waals surface area contributed by atoms with Gasteiger partial charge in [-0.3, -0.25) is 4.90 Å². The lowest BCUT2D eigenvalue weighted by molar-refractivity contribution is 0.0372. The smallest absolute Gasteiger partial charge is 0.337 e. The van der Waals surface area contributed by atoms with Gasteiger partial charge in [-0.15, -0.1) is 0 Å². The number of fused-ring (bicyclic) bond motifs is 4. The van der Waals surface area contributed by atoms with E-state index in [1.807, 2.05) is 0 Å². The minimum atomic E-state index is -1.22. The molecule has 2 bridgehead atoms. The lowest BCUT2D eigenvalue weighted by atomic mass is 9.89. The van der Waals surface area contributed by atoms with Gasteiger partial charge in [0.15, 0.2) is 5.72 Å². The van der Waals surface area contributed by atoms with Gasteiger partial charge in [0.1, 0.15) is 17.4 Å². The van der Waals surface area contributed by atoms with Gasteiger partial charge in [0, 0.05) is 18.1 Å². The molecule has 0 saturated carbocycles. The minimum absolute atomic E-state index is 0.205. The number of rotatable bonds is 2. The van der Waals surface area contributed by atoms with E-state index >= 15 is 0 Å². The van der Waals surface area contributed by atoms with E-state index < -0.39 is 35.4 Å². The molecule has 2 aromatic carbocycles. The molecule has 0 aromatic heterocycles. The van der Waals surface area contributed by atoms with Crippen molar-refractivity contribution in [3.05, 3.63) is 59.2 Å². The fourth-order valence-electron chi connectivity index (χ4n) is 3.64. The van der Waals surface area contributed by atoms with Crippen LogP contribution < -0.4 is 15.0 Å². The van der Waals surface area contributed by atoms with E-state index in [4.69, 9.17) is 9.47 Å². The Hall–Kier alpha value is -3.16. The van der Waals surface area contributed by atoms with E-state index in [2.05, 4.69) is 5.32 Å². The van der Waals surface area contributed by atoms with Crippen LogP contribution in [0.2, 0.25) is 0 Å². The molecule has 2 aliphatic heterocycles. The van der Waals surface area contributed by atoms with Crippen molar-refractivity contribution < 1.29 is 27.8 Å². The summed E-state index contributed by atoms with van der Waals surface area (Å²) in [4.78, 5) is 25.6. The highest BCUT2D eigenvalue weighted by Crippen LogP contribution is 2.46. The maximum atomic E-state index is 14.3. The maximum absolute atomic E-state index is 14.3. The molecule has 1 fully saturated rings. The molecule has 4 rings (SSSR count). The second kappa shape index (κ2) is 5.94. The van der Waals surface area contributed by atoms with Crippen LogP contribution in [-0.2, 0) is 4.74 Å². The van der Waals surface area contributed by atoms with Crippen LogP contribution in [0.3, 0.4) is 0 Å². The van der Waals surface area contributed by atoms with Crippen molar-refractivity contribution in [3.63, 3.8) is 0 Å². The number of anilines is 1. The zero-order valence-corrected chi connectivity index (χ0v) is 14.6. The van der Waals surface area contributed by atoms with Gasteiger partial charge in [-0.1, -0.05) is 0 Å². The first kappa shape index (κ1) is 17.3. The standard InChI is InChI=1S/C19H16F2N2O4/c1-19-9-14(12-7-10(17(24)26-2)3-6-16(12)27-19)22-18(25)23(19)15-8-11(20)4-5-13(15)21/h3-8,14H,9H2,1-2H3,(H,22,25)/t14-,19-/m0/s1. The van der Waals surface area contributed by atoms with E-state index in [1.165, 1.54) is 7.11 Å². The Balaban J connectivity index is 1.78. The number of esters is 1. The number of hydrogen-bond donors (Lipinski definition) is 1. The van der Waals surface area contributed by atoms with E-state index in [9.17, 15) is 18.4 Å². The molecule has 0 radical (unpaired) electrons. The van der Waals surface area contributed by atoms with E-state index in [0.717, 1.165) is 23.1 Å². The van der Waals surface area contributed by atoms with Crippen molar-refractivity contribution in [1.29, 1.82) is 0 Å². The molecule has 1 N–H and O–H groups in total. The van der Waals surface area contributed by atoms with Crippen LogP contribution >= 0.6 is 0 Å². The average molecular weight is 374 g/mol. The summed E-state index contributed by atoms with van der Waals surface area (Å²) in [5.74, 6) is -1.45. The minimum Gasteiger partial charge on any atom is -0.467 e. The highest BCUT2D eigenvalue weighted by atomic mass is 19.1. The first-order valence-corrected chi connectivity index (χ1v) is 8.29. The van der Waals surface area contributed by atoms with Gasteiger partial charge in [0.2, 0.25) is 0 Å². The van der Waals surface area contributed by atoms with Crippen LogP contribution in [0.1, 0.15) is 35.3 Å². The lowest BCUT2D eigenvalue weighted by Gasteiger charge is -2.50. The number of carbonyl (C=O) groups is 2. The number of nitrogens with zero attached hydrogens (tertiary/aromatic N) is 1. The summed E-state index contributed by atoms with van der Waals surface area (Å²) < 4.78 is 38.7. The molecule has 2 heterocycles. The molecule has 0 spiro atoms. The molecule has 0 unspecified atom stereocenters. The summed E-state index contributed by atoms with van der Waals surface area (Å²) in [6.07, 6.45) is 0.284. The summed E-state index contributed by atoms with van der Waals surface area (Å²) in [6.45, 7) is 1.64. The predicted octanol–water partition coefficient (Wildman–Crippen LogP) is 3.52. The van der Waals surface area contributed by atoms with Crippen LogP contribution in [0, 0.1) is 11.6 Å². The van der Waals surface area contributed by atoms with Gasteiger partial charge >= 0.3 is 12.0 Å². The largest absolute Gasteiger partial charge is 0.467 e. The van der Waals surface area contributed by atoms with Gasteiger partial charge in [0.05, 0.1) is 24.4 Å². The van der Waals surface area contributed by atoms with Gasteiger partial charge in [-0.2, -0.15) is 0 Å². The van der Waals surface area contributed by atoms with Gasteiger partial charge < -0.3 is 14.8 Å². The van der Waals surface area contributed by atoms with Crippen molar-refractivity contribution in [2.24, 2.45) is 0 Å². The van der Waals surface area contributed by atoms with Gasteiger partial charge in [-0.05, 0) is 37.3 Å². The molecule has 27 heavy (non-hydrogen) atoms. The lowest BCUT2D eigenvalue weighted by Crippen LogP contribution is -2.65. The Morgan fingerprint density at radius 1 is 1.30 bits per heavy atom. The van der Waals surface area contributed by atoms with Crippen LogP contribution in [0.4, 0.5) is 19.3 Å². The van der Waals surface area contributed by atoms with Gasteiger partial charge in [0.25, 0.3) is 0 Å². The second-order valence-electron chi connectivity index (χ2n) is 6.66. The summed E-state index contributed by atoms with van der Waals surface area (Å²) >= 11 is 0. The Labute approximate surface area is 153 Å². The molecule has 1 saturated heterocycles. The summed E-state index contributed by atoms with van der Waals surface area (Å²) in [7, 11) is 1.28. The number of nitrogens with one attached hydrogen (secondary N) is 1. The van der Waals surface area contributed by atoms with Gasteiger partial charge in [-0.25, -0.2) is 18.4 Å². The number of ether oxygens (including phenoxy) is 2. The molecular formula is C19H16F2N2O4. The molecule has 2 atom stereocenters. The van der Waals surface area contributed by atoms with Crippen LogP contribution in [-0.4, -0.2) is 24.8 Å². The first-order chi connectivity index (χ1) is 12.8. The third-order valence-electron chi connectivity index (χ3n) is 4.84. The second-order valence-corrected chi connectivity index (χ2v) is 6.66.